The van der Waals surface area contributed by atoms with Crippen molar-refractivity contribution >= 4 is 11.9 Å². The monoisotopic (exact) mass is 229 g/mol. The summed E-state index contributed by atoms with van der Waals surface area (Å²) in [4.78, 5) is 24.4. The molecule has 0 bridgehead atoms. The fourth-order valence-electron chi connectivity index (χ4n) is 1.81. The number of rotatable bonds is 3. The first-order valence-corrected chi connectivity index (χ1v) is 5.44. The topological polar surface area (TPSA) is 95.7 Å². The van der Waals surface area contributed by atoms with Crippen LogP contribution in [-0.2, 0) is 4.79 Å². The highest BCUT2D eigenvalue weighted by Gasteiger charge is 2.32. The fourth-order valence-corrected chi connectivity index (χ4v) is 1.81. The van der Waals surface area contributed by atoms with Gasteiger partial charge in [0, 0.05) is 13.1 Å². The molecule has 6 heteroatoms. The van der Waals surface area contributed by atoms with E-state index in [1.165, 1.54) is 0 Å². The van der Waals surface area contributed by atoms with Gasteiger partial charge in [0.2, 0.25) is 5.91 Å². The first-order valence-electron chi connectivity index (χ1n) is 5.44. The van der Waals surface area contributed by atoms with Crippen LogP contribution >= 0.6 is 0 Å². The number of nitrogens with zero attached hydrogens (tertiary/aromatic N) is 1. The van der Waals surface area contributed by atoms with Crippen LogP contribution in [0.1, 0.15) is 20.3 Å². The van der Waals surface area contributed by atoms with Gasteiger partial charge < -0.3 is 21.1 Å². The van der Waals surface area contributed by atoms with Crippen LogP contribution in [0.3, 0.4) is 0 Å². The zero-order chi connectivity index (χ0) is 12.3. The minimum absolute atomic E-state index is 0.0299. The molecule has 1 fully saturated rings. The summed E-state index contributed by atoms with van der Waals surface area (Å²) in [5.74, 6) is -0.205. The van der Waals surface area contributed by atoms with E-state index in [1.807, 2.05) is 13.8 Å². The molecule has 0 radical (unpaired) electrons. The van der Waals surface area contributed by atoms with Gasteiger partial charge in [0.1, 0.15) is 6.04 Å². The number of nitrogens with two attached hydrogens (primary N) is 1. The molecule has 1 saturated heterocycles. The molecule has 0 aromatic rings. The Morgan fingerprint density at radius 3 is 2.50 bits per heavy atom. The highest BCUT2D eigenvalue weighted by atomic mass is 16.3. The average Bonchev–Trinajstić information content (AvgIpc) is 2.59. The highest BCUT2D eigenvalue weighted by Crippen LogP contribution is 2.13. The standard InChI is InChI=1S/C10H19N3O3/c1-6(2)8(12-10(11)16)9(15)13-4-3-7(14)5-13/h6-8,14H,3-5H2,1-2H3,(H3,11,12,16)/t7-,8?/m0/s1. The Morgan fingerprint density at radius 1 is 1.50 bits per heavy atom. The van der Waals surface area contributed by atoms with Crippen molar-refractivity contribution < 1.29 is 14.7 Å². The van der Waals surface area contributed by atoms with E-state index in [-0.39, 0.29) is 11.8 Å². The Labute approximate surface area is 94.8 Å². The molecule has 1 unspecified atom stereocenters. The number of amides is 3. The Kier molecular flexibility index (Phi) is 4.12. The number of aliphatic hydroxyl groups is 1. The quantitative estimate of drug-likeness (QED) is 0.595. The lowest BCUT2D eigenvalue weighted by atomic mass is 10.0. The summed E-state index contributed by atoms with van der Waals surface area (Å²) in [6, 6.07) is -1.31. The molecule has 4 N–H and O–H groups in total. The molecule has 1 aliphatic heterocycles. The number of likely N-dealkylation sites (tertiary alicyclic amines) is 1. The highest BCUT2D eigenvalue weighted by molar-refractivity contribution is 5.87. The minimum Gasteiger partial charge on any atom is -0.391 e. The van der Waals surface area contributed by atoms with Gasteiger partial charge in [0.25, 0.3) is 0 Å². The third-order valence-corrected chi connectivity index (χ3v) is 2.71. The van der Waals surface area contributed by atoms with Crippen molar-refractivity contribution in [1.29, 1.82) is 0 Å². The van der Waals surface area contributed by atoms with Gasteiger partial charge in [-0.1, -0.05) is 13.8 Å². The number of hydrogen-bond acceptors (Lipinski definition) is 3. The van der Waals surface area contributed by atoms with Crippen LogP contribution in [0.15, 0.2) is 0 Å². The second-order valence-corrected chi connectivity index (χ2v) is 4.46. The Hall–Kier alpha value is -1.30. The van der Waals surface area contributed by atoms with Crippen LogP contribution in [0.2, 0.25) is 0 Å². The molecule has 16 heavy (non-hydrogen) atoms. The molecule has 6 nitrogen and oxygen atoms in total. The summed E-state index contributed by atoms with van der Waals surface area (Å²) in [5, 5.41) is 11.8. The second-order valence-electron chi connectivity index (χ2n) is 4.46. The molecule has 92 valence electrons. The van der Waals surface area contributed by atoms with Crippen molar-refractivity contribution in [3.8, 4) is 0 Å². The molecule has 1 rings (SSSR count). The van der Waals surface area contributed by atoms with E-state index in [0.717, 1.165) is 0 Å². The van der Waals surface area contributed by atoms with E-state index in [1.54, 1.807) is 4.90 Å². The molecule has 2 atom stereocenters. The lowest BCUT2D eigenvalue weighted by Crippen LogP contribution is -2.52. The molecular weight excluding hydrogens is 210 g/mol. The van der Waals surface area contributed by atoms with E-state index < -0.39 is 18.2 Å². The van der Waals surface area contributed by atoms with E-state index in [4.69, 9.17) is 5.73 Å². The van der Waals surface area contributed by atoms with E-state index in [0.29, 0.717) is 19.5 Å². The summed E-state index contributed by atoms with van der Waals surface area (Å²) >= 11 is 0. The van der Waals surface area contributed by atoms with Gasteiger partial charge in [-0.05, 0) is 12.3 Å². The van der Waals surface area contributed by atoms with Crippen LogP contribution in [0, 0.1) is 5.92 Å². The number of primary amides is 1. The molecule has 0 saturated carbocycles. The predicted molar refractivity (Wildman–Crippen MR) is 58.5 cm³/mol. The molecule has 1 heterocycles. The number of carbonyl (C=O) groups excluding carboxylic acids is 2. The number of aliphatic hydroxyl groups excluding tert-OH is 1. The Bertz CT molecular complexity index is 280. The maximum Gasteiger partial charge on any atom is 0.312 e. The maximum absolute atomic E-state index is 12.0. The lowest BCUT2D eigenvalue weighted by molar-refractivity contribution is -0.133. The SMILES string of the molecule is CC(C)C(NC(N)=O)C(=O)N1CC[C@H](O)C1. The minimum atomic E-state index is -0.702. The van der Waals surface area contributed by atoms with Crippen LogP contribution in [0.5, 0.6) is 0 Å². The number of carbonyl (C=O) groups is 2. The molecule has 0 aromatic heterocycles. The first-order chi connectivity index (χ1) is 7.41. The second kappa shape index (κ2) is 5.16. The zero-order valence-corrected chi connectivity index (χ0v) is 9.64. The number of nitrogens with one attached hydrogen (secondary N) is 1. The summed E-state index contributed by atoms with van der Waals surface area (Å²) in [6.07, 6.45) is 0.137. The fraction of sp³-hybridized carbons (Fsp3) is 0.800. The third kappa shape index (κ3) is 3.10. The van der Waals surface area contributed by atoms with Gasteiger partial charge in [-0.25, -0.2) is 4.79 Å². The molecular formula is C10H19N3O3. The number of β-amino-alcohol motifs (C(OH)–C–C–N with tert-alkyl or cyclic N) is 1. The van der Waals surface area contributed by atoms with Gasteiger partial charge >= 0.3 is 6.03 Å². The number of urea groups is 1. The number of hydrogen-bond donors (Lipinski definition) is 3. The van der Waals surface area contributed by atoms with Crippen molar-refractivity contribution in [3.63, 3.8) is 0 Å². The Morgan fingerprint density at radius 2 is 2.12 bits per heavy atom. The molecule has 1 aliphatic rings. The van der Waals surface area contributed by atoms with E-state index >= 15 is 0 Å². The third-order valence-electron chi connectivity index (χ3n) is 2.71. The van der Waals surface area contributed by atoms with Gasteiger partial charge in [0.05, 0.1) is 6.10 Å². The van der Waals surface area contributed by atoms with Crippen LogP contribution in [0.4, 0.5) is 4.79 Å². The van der Waals surface area contributed by atoms with Crippen molar-refractivity contribution in [1.82, 2.24) is 10.2 Å². The average molecular weight is 229 g/mol. The summed E-state index contributed by atoms with van der Waals surface area (Å²) in [6.45, 7) is 4.54. The van der Waals surface area contributed by atoms with Gasteiger partial charge in [-0.2, -0.15) is 0 Å². The van der Waals surface area contributed by atoms with Crippen molar-refractivity contribution in [3.05, 3.63) is 0 Å². The lowest BCUT2D eigenvalue weighted by Gasteiger charge is -2.25. The van der Waals surface area contributed by atoms with Crippen LogP contribution in [-0.4, -0.2) is 47.2 Å². The van der Waals surface area contributed by atoms with Crippen LogP contribution in [0.25, 0.3) is 0 Å². The summed E-state index contributed by atoms with van der Waals surface area (Å²) < 4.78 is 0. The molecule has 0 spiro atoms. The van der Waals surface area contributed by atoms with Crippen LogP contribution < -0.4 is 11.1 Å². The molecule has 0 aromatic carbocycles. The first kappa shape index (κ1) is 12.8. The Balaban J connectivity index is 2.63. The maximum atomic E-state index is 12.0. The van der Waals surface area contributed by atoms with Gasteiger partial charge in [-0.15, -0.1) is 0 Å². The molecule has 3 amide bonds. The van der Waals surface area contributed by atoms with Gasteiger partial charge in [-0.3, -0.25) is 4.79 Å². The smallest absolute Gasteiger partial charge is 0.312 e. The van der Waals surface area contributed by atoms with E-state index in [9.17, 15) is 14.7 Å². The van der Waals surface area contributed by atoms with Gasteiger partial charge in [0.15, 0.2) is 0 Å². The van der Waals surface area contributed by atoms with Crippen molar-refractivity contribution in [2.75, 3.05) is 13.1 Å². The zero-order valence-electron chi connectivity index (χ0n) is 9.64. The summed E-state index contributed by atoms with van der Waals surface area (Å²) in [5.41, 5.74) is 5.02. The molecule has 0 aliphatic carbocycles. The van der Waals surface area contributed by atoms with Crippen molar-refractivity contribution in [2.45, 2.75) is 32.4 Å². The predicted octanol–water partition coefficient (Wildman–Crippen LogP) is -0.727. The van der Waals surface area contributed by atoms with E-state index in [2.05, 4.69) is 5.32 Å². The summed E-state index contributed by atoms with van der Waals surface area (Å²) in [7, 11) is 0. The largest absolute Gasteiger partial charge is 0.391 e. The normalized spacial score (nSPS) is 22.2. The van der Waals surface area contributed by atoms with Crippen molar-refractivity contribution in [2.24, 2.45) is 11.7 Å².